The van der Waals surface area contributed by atoms with Crippen LogP contribution in [-0.2, 0) is 18.3 Å². The summed E-state index contributed by atoms with van der Waals surface area (Å²) in [5.41, 5.74) is 5.00. The zero-order valence-corrected chi connectivity index (χ0v) is 11.5. The first kappa shape index (κ1) is 13.9. The van der Waals surface area contributed by atoms with Crippen LogP contribution in [0.15, 0.2) is 47.7 Å². The molecule has 20 heavy (non-hydrogen) atoms. The van der Waals surface area contributed by atoms with E-state index in [1.165, 1.54) is 0 Å². The molecule has 5 heteroatoms. The number of carbonyl (C=O) groups excluding carboxylic acids is 1. The Bertz CT molecular complexity index is 627. The molecule has 2 aromatic rings. The highest BCUT2D eigenvalue weighted by molar-refractivity contribution is 5.99. The molecular formula is C15H17N3O2. The highest BCUT2D eigenvalue weighted by Gasteiger charge is 2.05. The quantitative estimate of drug-likeness (QED) is 0.658. The topological polar surface area (TPSA) is 66.6 Å². The summed E-state index contributed by atoms with van der Waals surface area (Å²) in [5.74, 6) is 0.0409. The lowest BCUT2D eigenvalue weighted by molar-refractivity contribution is -0.120. The van der Waals surface area contributed by atoms with Gasteiger partial charge in [-0.05, 0) is 48.9 Å². The molecule has 0 aliphatic rings. The van der Waals surface area contributed by atoms with E-state index in [0.29, 0.717) is 5.71 Å². The Morgan fingerprint density at radius 2 is 2.00 bits per heavy atom. The second-order valence-electron chi connectivity index (χ2n) is 4.57. The number of phenolic OH excluding ortho intramolecular Hbond substituents is 1. The maximum Gasteiger partial charge on any atom is 0.246 e. The van der Waals surface area contributed by atoms with Gasteiger partial charge in [0, 0.05) is 18.9 Å². The van der Waals surface area contributed by atoms with Gasteiger partial charge in [-0.3, -0.25) is 4.79 Å². The number of benzene rings is 1. The summed E-state index contributed by atoms with van der Waals surface area (Å²) in [7, 11) is 1.90. The SMILES string of the molecule is CC(=NNC(=O)Cc1cccn1C)c1ccc(O)cc1. The summed E-state index contributed by atoms with van der Waals surface area (Å²) in [4.78, 5) is 11.8. The normalized spacial score (nSPS) is 11.4. The van der Waals surface area contributed by atoms with E-state index < -0.39 is 0 Å². The molecule has 0 radical (unpaired) electrons. The number of hydrogen-bond acceptors (Lipinski definition) is 3. The second kappa shape index (κ2) is 6.06. The van der Waals surface area contributed by atoms with E-state index >= 15 is 0 Å². The number of rotatable bonds is 4. The Kier molecular flexibility index (Phi) is 4.20. The van der Waals surface area contributed by atoms with Crippen LogP contribution < -0.4 is 5.43 Å². The van der Waals surface area contributed by atoms with Crippen molar-refractivity contribution >= 4 is 11.6 Å². The van der Waals surface area contributed by atoms with Crippen LogP contribution >= 0.6 is 0 Å². The molecule has 1 aromatic heterocycles. The Hall–Kier alpha value is -2.56. The van der Waals surface area contributed by atoms with Crippen LogP contribution in [0.2, 0.25) is 0 Å². The number of aryl methyl sites for hydroxylation is 1. The van der Waals surface area contributed by atoms with Gasteiger partial charge in [0.15, 0.2) is 0 Å². The number of carbonyl (C=O) groups is 1. The van der Waals surface area contributed by atoms with Gasteiger partial charge in [-0.1, -0.05) is 0 Å². The maximum absolute atomic E-state index is 11.8. The number of nitrogens with zero attached hydrogens (tertiary/aromatic N) is 2. The van der Waals surface area contributed by atoms with Gasteiger partial charge >= 0.3 is 0 Å². The Morgan fingerprint density at radius 3 is 2.60 bits per heavy atom. The molecule has 5 nitrogen and oxygen atoms in total. The second-order valence-corrected chi connectivity index (χ2v) is 4.57. The first-order chi connectivity index (χ1) is 9.56. The molecule has 0 atom stereocenters. The van der Waals surface area contributed by atoms with Gasteiger partial charge in [0.05, 0.1) is 12.1 Å². The largest absolute Gasteiger partial charge is 0.508 e. The molecule has 0 fully saturated rings. The third-order valence-electron chi connectivity index (χ3n) is 3.03. The monoisotopic (exact) mass is 271 g/mol. The van der Waals surface area contributed by atoms with Crippen molar-refractivity contribution in [2.45, 2.75) is 13.3 Å². The number of aromatic nitrogens is 1. The Morgan fingerprint density at radius 1 is 1.30 bits per heavy atom. The van der Waals surface area contributed by atoms with E-state index in [9.17, 15) is 9.90 Å². The average molecular weight is 271 g/mol. The number of nitrogens with one attached hydrogen (secondary N) is 1. The number of hydrazone groups is 1. The Labute approximate surface area is 117 Å². The molecule has 1 amide bonds. The number of aromatic hydroxyl groups is 1. The molecule has 0 bridgehead atoms. The molecule has 2 rings (SSSR count). The molecule has 1 aromatic carbocycles. The summed E-state index contributed by atoms with van der Waals surface area (Å²) in [6.45, 7) is 1.80. The fourth-order valence-electron chi connectivity index (χ4n) is 1.80. The van der Waals surface area contributed by atoms with Crippen molar-refractivity contribution in [2.75, 3.05) is 0 Å². The van der Waals surface area contributed by atoms with Gasteiger partial charge in [0.25, 0.3) is 0 Å². The molecule has 0 aliphatic heterocycles. The van der Waals surface area contributed by atoms with Crippen molar-refractivity contribution in [3.05, 3.63) is 53.9 Å². The molecule has 1 heterocycles. The molecule has 104 valence electrons. The summed E-state index contributed by atoms with van der Waals surface area (Å²) in [6, 6.07) is 10.5. The lowest BCUT2D eigenvalue weighted by atomic mass is 10.1. The van der Waals surface area contributed by atoms with Gasteiger partial charge in [0.2, 0.25) is 5.91 Å². The lowest BCUT2D eigenvalue weighted by Crippen LogP contribution is -2.22. The standard InChI is InChI=1S/C15H17N3O2/c1-11(12-5-7-14(19)8-6-12)16-17-15(20)10-13-4-3-9-18(13)2/h3-9,19H,10H2,1-2H3,(H,17,20). The van der Waals surface area contributed by atoms with E-state index in [1.54, 1.807) is 31.2 Å². The van der Waals surface area contributed by atoms with Crippen LogP contribution in [0.1, 0.15) is 18.2 Å². The minimum atomic E-state index is -0.162. The number of phenols is 1. The first-order valence-corrected chi connectivity index (χ1v) is 6.29. The third kappa shape index (κ3) is 3.47. The van der Waals surface area contributed by atoms with Crippen LogP contribution in [0.25, 0.3) is 0 Å². The summed E-state index contributed by atoms with van der Waals surface area (Å²) in [5, 5.41) is 13.3. The minimum absolute atomic E-state index is 0.162. The van der Waals surface area contributed by atoms with Gasteiger partial charge in [0.1, 0.15) is 5.75 Å². The third-order valence-corrected chi connectivity index (χ3v) is 3.03. The van der Waals surface area contributed by atoms with E-state index in [4.69, 9.17) is 0 Å². The maximum atomic E-state index is 11.8. The lowest BCUT2D eigenvalue weighted by Gasteiger charge is -2.04. The average Bonchev–Trinajstić information content (AvgIpc) is 2.82. The fourth-order valence-corrected chi connectivity index (χ4v) is 1.80. The minimum Gasteiger partial charge on any atom is -0.508 e. The fraction of sp³-hybridized carbons (Fsp3) is 0.200. The van der Waals surface area contributed by atoms with Gasteiger partial charge < -0.3 is 9.67 Å². The number of hydrogen-bond donors (Lipinski definition) is 2. The zero-order valence-electron chi connectivity index (χ0n) is 11.5. The Balaban J connectivity index is 1.96. The molecular weight excluding hydrogens is 254 g/mol. The molecule has 0 saturated carbocycles. The van der Waals surface area contributed by atoms with Crippen molar-refractivity contribution in [2.24, 2.45) is 12.1 Å². The molecule has 0 spiro atoms. The molecule has 0 unspecified atom stereocenters. The predicted octanol–water partition coefficient (Wildman–Crippen LogP) is 1.81. The van der Waals surface area contributed by atoms with Gasteiger partial charge in [-0.15, -0.1) is 0 Å². The van der Waals surface area contributed by atoms with E-state index in [-0.39, 0.29) is 18.1 Å². The van der Waals surface area contributed by atoms with Crippen molar-refractivity contribution in [1.82, 2.24) is 9.99 Å². The van der Waals surface area contributed by atoms with Crippen LogP contribution in [0.3, 0.4) is 0 Å². The van der Waals surface area contributed by atoms with Crippen LogP contribution in [-0.4, -0.2) is 21.3 Å². The van der Waals surface area contributed by atoms with Gasteiger partial charge in [-0.2, -0.15) is 5.10 Å². The van der Waals surface area contributed by atoms with Crippen molar-refractivity contribution < 1.29 is 9.90 Å². The van der Waals surface area contributed by atoms with E-state index in [1.807, 2.05) is 29.9 Å². The highest BCUT2D eigenvalue weighted by Crippen LogP contribution is 2.10. The predicted molar refractivity (Wildman–Crippen MR) is 77.6 cm³/mol. The van der Waals surface area contributed by atoms with Crippen molar-refractivity contribution in [3.63, 3.8) is 0 Å². The van der Waals surface area contributed by atoms with Crippen LogP contribution in [0.4, 0.5) is 0 Å². The van der Waals surface area contributed by atoms with Crippen molar-refractivity contribution in [3.8, 4) is 5.75 Å². The first-order valence-electron chi connectivity index (χ1n) is 6.29. The number of amides is 1. The van der Waals surface area contributed by atoms with E-state index in [0.717, 1.165) is 11.3 Å². The summed E-state index contributed by atoms with van der Waals surface area (Å²) in [6.07, 6.45) is 2.18. The van der Waals surface area contributed by atoms with Crippen molar-refractivity contribution in [1.29, 1.82) is 0 Å². The molecule has 2 N–H and O–H groups in total. The smallest absolute Gasteiger partial charge is 0.246 e. The zero-order chi connectivity index (χ0) is 14.5. The summed E-state index contributed by atoms with van der Waals surface area (Å²) >= 11 is 0. The summed E-state index contributed by atoms with van der Waals surface area (Å²) < 4.78 is 1.90. The molecule has 0 saturated heterocycles. The highest BCUT2D eigenvalue weighted by atomic mass is 16.3. The van der Waals surface area contributed by atoms with Crippen LogP contribution in [0.5, 0.6) is 5.75 Å². The molecule has 0 aliphatic carbocycles. The van der Waals surface area contributed by atoms with Gasteiger partial charge in [-0.25, -0.2) is 5.43 Å². The van der Waals surface area contributed by atoms with E-state index in [2.05, 4.69) is 10.5 Å². The van der Waals surface area contributed by atoms with Crippen LogP contribution in [0, 0.1) is 0 Å².